The number of halogens is 2. The molecule has 1 aromatic rings. The molecule has 0 N–H and O–H groups in total. The molecular formula is C12H13BrClNO2. The van der Waals surface area contributed by atoms with Crippen LogP contribution in [0, 0.1) is 6.92 Å². The number of benzene rings is 1. The molecular weight excluding hydrogens is 305 g/mol. The Labute approximate surface area is 114 Å². The van der Waals surface area contributed by atoms with Crippen molar-refractivity contribution in [1.82, 2.24) is 0 Å². The van der Waals surface area contributed by atoms with Crippen LogP contribution in [0.5, 0.6) is 5.75 Å². The molecule has 17 heavy (non-hydrogen) atoms. The number of amides is 1. The highest BCUT2D eigenvalue weighted by Gasteiger charge is 2.30. The van der Waals surface area contributed by atoms with E-state index in [1.54, 1.807) is 18.1 Å². The zero-order chi connectivity index (χ0) is 12.6. The van der Waals surface area contributed by atoms with E-state index in [2.05, 4.69) is 15.9 Å². The Hall–Kier alpha value is -0.740. The lowest BCUT2D eigenvalue weighted by molar-refractivity contribution is -0.117. The zero-order valence-electron chi connectivity index (χ0n) is 9.67. The van der Waals surface area contributed by atoms with Gasteiger partial charge in [-0.05, 0) is 24.6 Å². The van der Waals surface area contributed by atoms with E-state index in [1.165, 1.54) is 0 Å². The molecule has 5 heteroatoms. The van der Waals surface area contributed by atoms with E-state index in [1.807, 2.05) is 13.0 Å². The first-order valence-electron chi connectivity index (χ1n) is 5.31. The van der Waals surface area contributed by atoms with Crippen LogP contribution in [0.25, 0.3) is 0 Å². The van der Waals surface area contributed by atoms with E-state index in [9.17, 15) is 4.79 Å². The largest absolute Gasteiger partial charge is 0.495 e. The van der Waals surface area contributed by atoms with E-state index >= 15 is 0 Å². The maximum atomic E-state index is 11.8. The minimum absolute atomic E-state index is 0.121. The summed E-state index contributed by atoms with van der Waals surface area (Å²) in [5.41, 5.74) is 1.85. The number of nitrogens with zero attached hydrogens (tertiary/aromatic N) is 1. The summed E-state index contributed by atoms with van der Waals surface area (Å²) in [4.78, 5) is 13.8. The number of hydrogen-bond acceptors (Lipinski definition) is 2. The summed E-state index contributed by atoms with van der Waals surface area (Å²) >= 11 is 9.56. The average Bonchev–Trinajstić information content (AvgIpc) is 2.60. The van der Waals surface area contributed by atoms with Gasteiger partial charge in [0.25, 0.3) is 0 Å². The fourth-order valence-electron chi connectivity index (χ4n) is 1.99. The number of ether oxygens (including phenoxy) is 1. The van der Waals surface area contributed by atoms with Gasteiger partial charge in [-0.15, -0.1) is 0 Å². The number of carbonyl (C=O) groups is 1. The van der Waals surface area contributed by atoms with Crippen LogP contribution in [0.15, 0.2) is 12.1 Å². The number of carbonyl (C=O) groups excluding carboxylic acids is 1. The maximum absolute atomic E-state index is 11.8. The molecule has 1 atom stereocenters. The Balaban J connectivity index is 2.39. The van der Waals surface area contributed by atoms with E-state index in [-0.39, 0.29) is 10.7 Å². The van der Waals surface area contributed by atoms with Crippen molar-refractivity contribution in [2.75, 3.05) is 18.6 Å². The Morgan fingerprint density at radius 1 is 1.53 bits per heavy atom. The fourth-order valence-corrected chi connectivity index (χ4v) is 2.79. The molecule has 1 aromatic carbocycles. The first-order valence-corrected chi connectivity index (χ1v) is 6.61. The van der Waals surface area contributed by atoms with Crippen molar-refractivity contribution < 1.29 is 9.53 Å². The van der Waals surface area contributed by atoms with Gasteiger partial charge in [-0.2, -0.15) is 0 Å². The third-order valence-electron chi connectivity index (χ3n) is 2.84. The number of alkyl halides is 1. The third-order valence-corrected chi connectivity index (χ3v) is 3.75. The number of rotatable bonds is 2. The van der Waals surface area contributed by atoms with Gasteiger partial charge >= 0.3 is 0 Å². The second-order valence-corrected chi connectivity index (χ2v) is 5.78. The van der Waals surface area contributed by atoms with E-state index in [0.717, 1.165) is 11.3 Å². The lowest BCUT2D eigenvalue weighted by Crippen LogP contribution is -2.25. The molecule has 1 fully saturated rings. The lowest BCUT2D eigenvalue weighted by Gasteiger charge is -2.19. The van der Waals surface area contributed by atoms with Gasteiger partial charge in [-0.25, -0.2) is 0 Å². The number of anilines is 1. The molecule has 1 aliphatic heterocycles. The first-order chi connectivity index (χ1) is 8.02. The Kier molecular flexibility index (Phi) is 3.64. The van der Waals surface area contributed by atoms with Gasteiger partial charge in [0.15, 0.2) is 0 Å². The second-order valence-electron chi connectivity index (χ2n) is 4.08. The molecule has 1 heterocycles. The third kappa shape index (κ3) is 2.43. The zero-order valence-corrected chi connectivity index (χ0v) is 12.0. The summed E-state index contributed by atoms with van der Waals surface area (Å²) < 4.78 is 5.15. The average molecular weight is 319 g/mol. The maximum Gasteiger partial charge on any atom is 0.228 e. The van der Waals surface area contributed by atoms with Crippen LogP contribution in [0.2, 0.25) is 5.02 Å². The summed E-state index contributed by atoms with van der Waals surface area (Å²) in [5.74, 6) is 0.756. The molecule has 1 unspecified atom stereocenters. The van der Waals surface area contributed by atoms with Crippen LogP contribution in [0.4, 0.5) is 5.69 Å². The van der Waals surface area contributed by atoms with Gasteiger partial charge in [0.05, 0.1) is 12.1 Å². The standard InChI is InChI=1S/C12H13BrClNO2/c1-7-3-11(17-2)9(14)5-10(7)15-6-8(13)4-12(15)16/h3,5,8H,4,6H2,1-2H3. The van der Waals surface area contributed by atoms with E-state index in [0.29, 0.717) is 23.7 Å². The van der Waals surface area contributed by atoms with Gasteiger partial charge in [0.1, 0.15) is 5.75 Å². The highest BCUT2D eigenvalue weighted by atomic mass is 79.9. The summed E-state index contributed by atoms with van der Waals surface area (Å²) in [7, 11) is 1.58. The number of aryl methyl sites for hydroxylation is 1. The van der Waals surface area contributed by atoms with Gasteiger partial charge in [0.2, 0.25) is 5.91 Å². The van der Waals surface area contributed by atoms with Crippen LogP contribution >= 0.6 is 27.5 Å². The second kappa shape index (κ2) is 4.86. The van der Waals surface area contributed by atoms with Crippen molar-refractivity contribution in [2.24, 2.45) is 0 Å². The smallest absolute Gasteiger partial charge is 0.228 e. The summed E-state index contributed by atoms with van der Waals surface area (Å²) in [6.07, 6.45) is 0.531. The van der Waals surface area contributed by atoms with Crippen LogP contribution < -0.4 is 9.64 Å². The number of methoxy groups -OCH3 is 1. The van der Waals surface area contributed by atoms with Crippen molar-refractivity contribution in [3.63, 3.8) is 0 Å². The molecule has 1 amide bonds. The predicted molar refractivity (Wildman–Crippen MR) is 72.4 cm³/mol. The van der Waals surface area contributed by atoms with Crippen LogP contribution in [-0.2, 0) is 4.79 Å². The molecule has 0 bridgehead atoms. The van der Waals surface area contributed by atoms with Crippen molar-refractivity contribution in [1.29, 1.82) is 0 Å². The molecule has 1 saturated heterocycles. The molecule has 0 aliphatic carbocycles. The molecule has 3 nitrogen and oxygen atoms in total. The van der Waals surface area contributed by atoms with Gasteiger partial charge in [0, 0.05) is 23.5 Å². The van der Waals surface area contributed by atoms with Gasteiger partial charge in [-0.1, -0.05) is 27.5 Å². The van der Waals surface area contributed by atoms with Crippen molar-refractivity contribution in [3.8, 4) is 5.75 Å². The van der Waals surface area contributed by atoms with Crippen LogP contribution in [-0.4, -0.2) is 24.4 Å². The molecule has 92 valence electrons. The van der Waals surface area contributed by atoms with Gasteiger partial charge in [-0.3, -0.25) is 4.79 Å². The van der Waals surface area contributed by atoms with Gasteiger partial charge < -0.3 is 9.64 Å². The van der Waals surface area contributed by atoms with Crippen LogP contribution in [0.3, 0.4) is 0 Å². The van der Waals surface area contributed by atoms with E-state index in [4.69, 9.17) is 16.3 Å². The Morgan fingerprint density at radius 2 is 2.24 bits per heavy atom. The summed E-state index contributed by atoms with van der Waals surface area (Å²) in [6.45, 7) is 2.63. The lowest BCUT2D eigenvalue weighted by atomic mass is 10.1. The molecule has 1 aliphatic rings. The van der Waals surface area contributed by atoms with E-state index < -0.39 is 0 Å². The molecule has 0 spiro atoms. The molecule has 0 aromatic heterocycles. The number of hydrogen-bond donors (Lipinski definition) is 0. The highest BCUT2D eigenvalue weighted by Crippen LogP contribution is 2.35. The topological polar surface area (TPSA) is 29.5 Å². The SMILES string of the molecule is COc1cc(C)c(N2CC(Br)CC2=O)cc1Cl. The normalized spacial score (nSPS) is 19.9. The predicted octanol–water partition coefficient (Wildman–Crippen LogP) is 3.16. The summed E-state index contributed by atoms with van der Waals surface area (Å²) in [6, 6.07) is 3.64. The quantitative estimate of drug-likeness (QED) is 0.784. The minimum Gasteiger partial charge on any atom is -0.495 e. The van der Waals surface area contributed by atoms with Crippen molar-refractivity contribution >= 4 is 39.1 Å². The molecule has 0 saturated carbocycles. The van der Waals surface area contributed by atoms with Crippen molar-refractivity contribution in [2.45, 2.75) is 18.2 Å². The Morgan fingerprint density at radius 3 is 2.76 bits per heavy atom. The minimum atomic E-state index is 0.121. The van der Waals surface area contributed by atoms with Crippen molar-refractivity contribution in [3.05, 3.63) is 22.7 Å². The fraction of sp³-hybridized carbons (Fsp3) is 0.417. The first kappa shape index (κ1) is 12.7. The monoisotopic (exact) mass is 317 g/mol. The van der Waals surface area contributed by atoms with Crippen LogP contribution in [0.1, 0.15) is 12.0 Å². The summed E-state index contributed by atoms with van der Waals surface area (Å²) in [5, 5.41) is 0.527. The molecule has 0 radical (unpaired) electrons. The highest BCUT2D eigenvalue weighted by molar-refractivity contribution is 9.09. The molecule has 2 rings (SSSR count). The Bertz CT molecular complexity index is 464.